The fraction of sp³-hybridized carbons (Fsp3) is 0.500. The molecule has 76 valence electrons. The third kappa shape index (κ3) is 1.63. The van der Waals surface area contributed by atoms with Crippen molar-refractivity contribution in [3.05, 3.63) is 23.8 Å². The summed E-state index contributed by atoms with van der Waals surface area (Å²) in [4.78, 5) is 3.87. The molecule has 0 bridgehead atoms. The zero-order valence-corrected chi connectivity index (χ0v) is 9.90. The summed E-state index contributed by atoms with van der Waals surface area (Å²) in [7, 11) is 0. The van der Waals surface area contributed by atoms with Crippen LogP contribution < -0.4 is 4.90 Å². The number of hydrogen-bond donors (Lipinski definition) is 0. The Morgan fingerprint density at radius 1 is 1.36 bits per heavy atom. The Labute approximate surface area is 90.5 Å². The quantitative estimate of drug-likeness (QED) is 0.685. The Bertz CT molecular complexity index is 333. The summed E-state index contributed by atoms with van der Waals surface area (Å²) < 4.78 is 0. The van der Waals surface area contributed by atoms with E-state index in [0.29, 0.717) is 6.04 Å². The van der Waals surface area contributed by atoms with Crippen LogP contribution in [0, 0.1) is 0 Å². The van der Waals surface area contributed by atoms with Gasteiger partial charge in [-0.2, -0.15) is 0 Å². The smallest absolute Gasteiger partial charge is 0.0402 e. The van der Waals surface area contributed by atoms with Crippen LogP contribution in [0.15, 0.2) is 23.1 Å². The van der Waals surface area contributed by atoms with Crippen LogP contribution in [0.25, 0.3) is 0 Å². The number of benzene rings is 1. The molecule has 14 heavy (non-hydrogen) atoms. The van der Waals surface area contributed by atoms with Gasteiger partial charge in [0.2, 0.25) is 0 Å². The number of thioether (sulfide) groups is 1. The van der Waals surface area contributed by atoms with E-state index in [1.54, 1.807) is 0 Å². The highest BCUT2D eigenvalue weighted by molar-refractivity contribution is 7.98. The van der Waals surface area contributed by atoms with Crippen molar-refractivity contribution in [1.82, 2.24) is 0 Å². The van der Waals surface area contributed by atoms with E-state index < -0.39 is 0 Å². The fourth-order valence-electron chi connectivity index (χ4n) is 2.07. The monoisotopic (exact) mass is 207 g/mol. The molecule has 1 aromatic carbocycles. The van der Waals surface area contributed by atoms with Gasteiger partial charge in [0.1, 0.15) is 0 Å². The zero-order valence-electron chi connectivity index (χ0n) is 9.08. The van der Waals surface area contributed by atoms with Crippen molar-refractivity contribution in [2.75, 3.05) is 17.7 Å². The summed E-state index contributed by atoms with van der Waals surface area (Å²) in [6, 6.07) is 7.46. The van der Waals surface area contributed by atoms with Gasteiger partial charge in [-0.05, 0) is 50.3 Å². The second-order valence-electron chi connectivity index (χ2n) is 4.03. The fourth-order valence-corrected chi connectivity index (χ4v) is 2.53. The third-order valence-electron chi connectivity index (χ3n) is 2.84. The first-order chi connectivity index (χ1) is 6.72. The van der Waals surface area contributed by atoms with E-state index in [4.69, 9.17) is 0 Å². The molecule has 0 fully saturated rings. The first-order valence-electron chi connectivity index (χ1n) is 5.16. The molecule has 0 atom stereocenters. The second-order valence-corrected chi connectivity index (χ2v) is 4.91. The average molecular weight is 207 g/mol. The van der Waals surface area contributed by atoms with Crippen molar-refractivity contribution >= 4 is 17.4 Å². The molecule has 0 radical (unpaired) electrons. The van der Waals surface area contributed by atoms with E-state index in [2.05, 4.69) is 43.2 Å². The maximum atomic E-state index is 2.49. The van der Waals surface area contributed by atoms with Crippen molar-refractivity contribution in [2.45, 2.75) is 31.2 Å². The minimum Gasteiger partial charge on any atom is -0.369 e. The molecule has 0 spiro atoms. The maximum absolute atomic E-state index is 2.49. The van der Waals surface area contributed by atoms with Crippen LogP contribution in [-0.2, 0) is 6.42 Å². The lowest BCUT2D eigenvalue weighted by Crippen LogP contribution is -2.28. The topological polar surface area (TPSA) is 3.24 Å². The number of fused-ring (bicyclic) bond motifs is 1. The van der Waals surface area contributed by atoms with Gasteiger partial charge >= 0.3 is 0 Å². The first kappa shape index (κ1) is 9.91. The normalized spacial score (nSPS) is 15.0. The van der Waals surface area contributed by atoms with Gasteiger partial charge < -0.3 is 4.90 Å². The zero-order chi connectivity index (χ0) is 10.1. The molecule has 0 saturated heterocycles. The average Bonchev–Trinajstić information content (AvgIpc) is 2.59. The van der Waals surface area contributed by atoms with Crippen molar-refractivity contribution in [1.29, 1.82) is 0 Å². The molecule has 1 aliphatic heterocycles. The number of rotatable bonds is 2. The highest BCUT2D eigenvalue weighted by Gasteiger charge is 2.20. The van der Waals surface area contributed by atoms with Crippen molar-refractivity contribution in [2.24, 2.45) is 0 Å². The van der Waals surface area contributed by atoms with E-state index in [1.165, 1.54) is 29.1 Å². The molecule has 1 nitrogen and oxygen atoms in total. The molecule has 0 N–H and O–H groups in total. The molecule has 1 heterocycles. The molecule has 0 saturated carbocycles. The molecule has 0 aromatic heterocycles. The highest BCUT2D eigenvalue weighted by atomic mass is 32.2. The number of hydrogen-bond acceptors (Lipinski definition) is 2. The molecule has 1 aromatic rings. The molecule has 2 rings (SSSR count). The maximum Gasteiger partial charge on any atom is 0.0402 e. The predicted octanol–water partition coefficient (Wildman–Crippen LogP) is 3.18. The van der Waals surface area contributed by atoms with Crippen LogP contribution in [0.4, 0.5) is 5.69 Å². The van der Waals surface area contributed by atoms with Crippen molar-refractivity contribution < 1.29 is 0 Å². The van der Waals surface area contributed by atoms with Gasteiger partial charge in [-0.3, -0.25) is 0 Å². The van der Waals surface area contributed by atoms with Gasteiger partial charge in [0.05, 0.1) is 0 Å². The van der Waals surface area contributed by atoms with Gasteiger partial charge in [-0.15, -0.1) is 11.8 Å². The minimum absolute atomic E-state index is 0.622. The second kappa shape index (κ2) is 3.85. The van der Waals surface area contributed by atoms with Crippen LogP contribution in [-0.4, -0.2) is 18.8 Å². The van der Waals surface area contributed by atoms with Crippen LogP contribution in [0.2, 0.25) is 0 Å². The van der Waals surface area contributed by atoms with Crippen molar-refractivity contribution in [3.63, 3.8) is 0 Å². The summed E-state index contributed by atoms with van der Waals surface area (Å²) in [6.45, 7) is 5.71. The lowest BCUT2D eigenvalue weighted by molar-refractivity contribution is 0.710. The summed E-state index contributed by atoms with van der Waals surface area (Å²) in [5, 5.41) is 0. The lowest BCUT2D eigenvalue weighted by Gasteiger charge is -2.23. The Morgan fingerprint density at radius 3 is 2.79 bits per heavy atom. The Kier molecular flexibility index (Phi) is 2.73. The van der Waals surface area contributed by atoms with E-state index in [1.807, 2.05) is 11.8 Å². The van der Waals surface area contributed by atoms with E-state index in [-0.39, 0.29) is 0 Å². The Hall–Kier alpha value is -0.630. The van der Waals surface area contributed by atoms with Crippen LogP contribution >= 0.6 is 11.8 Å². The predicted molar refractivity (Wildman–Crippen MR) is 64.4 cm³/mol. The van der Waals surface area contributed by atoms with Gasteiger partial charge in [0, 0.05) is 23.2 Å². The summed E-state index contributed by atoms with van der Waals surface area (Å²) in [5.74, 6) is 0. The molecule has 2 heteroatoms. The minimum atomic E-state index is 0.622. The van der Waals surface area contributed by atoms with Gasteiger partial charge in [-0.1, -0.05) is 0 Å². The Morgan fingerprint density at radius 2 is 2.14 bits per heavy atom. The highest BCUT2D eigenvalue weighted by Crippen LogP contribution is 2.32. The standard InChI is InChI=1S/C12H17NS/c1-9(2)13-7-6-10-8-11(14-3)4-5-12(10)13/h4-5,8-9H,6-7H2,1-3H3. The van der Waals surface area contributed by atoms with E-state index in [0.717, 1.165) is 0 Å². The molecule has 0 unspecified atom stereocenters. The van der Waals surface area contributed by atoms with Gasteiger partial charge in [0.25, 0.3) is 0 Å². The van der Waals surface area contributed by atoms with Crippen LogP contribution in [0.3, 0.4) is 0 Å². The first-order valence-corrected chi connectivity index (χ1v) is 6.38. The summed E-state index contributed by atoms with van der Waals surface area (Å²) in [6.07, 6.45) is 3.35. The summed E-state index contributed by atoms with van der Waals surface area (Å²) >= 11 is 1.83. The number of anilines is 1. The molecule has 1 aliphatic rings. The van der Waals surface area contributed by atoms with Gasteiger partial charge in [-0.25, -0.2) is 0 Å². The summed E-state index contributed by atoms with van der Waals surface area (Å²) in [5.41, 5.74) is 2.96. The van der Waals surface area contributed by atoms with E-state index >= 15 is 0 Å². The third-order valence-corrected chi connectivity index (χ3v) is 3.57. The molecule has 0 aliphatic carbocycles. The van der Waals surface area contributed by atoms with E-state index in [9.17, 15) is 0 Å². The van der Waals surface area contributed by atoms with Crippen molar-refractivity contribution in [3.8, 4) is 0 Å². The molecule has 0 amide bonds. The van der Waals surface area contributed by atoms with Crippen LogP contribution in [0.5, 0.6) is 0 Å². The SMILES string of the molecule is CSc1ccc2c(c1)CCN2C(C)C. The Balaban J connectivity index is 2.33. The number of nitrogens with zero attached hydrogens (tertiary/aromatic N) is 1. The molecular formula is C12H17NS. The largest absolute Gasteiger partial charge is 0.369 e. The van der Waals surface area contributed by atoms with Gasteiger partial charge in [0.15, 0.2) is 0 Å². The lowest BCUT2D eigenvalue weighted by atomic mass is 10.2. The molecular weight excluding hydrogens is 190 g/mol. The van der Waals surface area contributed by atoms with Crippen LogP contribution in [0.1, 0.15) is 19.4 Å².